The molecule has 6 rings (SSSR count). The molecule has 5 atom stereocenters. The third-order valence-corrected chi connectivity index (χ3v) is 9.29. The molecular formula is C30H34N2O5. The van der Waals surface area contributed by atoms with Gasteiger partial charge in [0.2, 0.25) is 5.91 Å². The molecule has 37 heavy (non-hydrogen) atoms. The van der Waals surface area contributed by atoms with Crippen molar-refractivity contribution in [1.82, 2.24) is 9.80 Å². The molecule has 194 valence electrons. The van der Waals surface area contributed by atoms with Gasteiger partial charge in [0.15, 0.2) is 11.5 Å². The Balaban J connectivity index is 1.42. The van der Waals surface area contributed by atoms with Gasteiger partial charge in [-0.1, -0.05) is 35.9 Å². The lowest BCUT2D eigenvalue weighted by Gasteiger charge is -2.65. The highest BCUT2D eigenvalue weighted by Crippen LogP contribution is 2.66. The lowest BCUT2D eigenvalue weighted by atomic mass is 9.48. The van der Waals surface area contributed by atoms with Crippen molar-refractivity contribution in [2.24, 2.45) is 0 Å². The zero-order valence-electron chi connectivity index (χ0n) is 21.9. The number of likely N-dealkylation sites (tertiary alicyclic amines) is 1. The highest BCUT2D eigenvalue weighted by Gasteiger charge is 2.75. The number of ether oxygens (including phenoxy) is 2. The molecule has 1 N–H and O–H groups in total. The second-order valence-electron chi connectivity index (χ2n) is 11.2. The molecule has 2 aromatic rings. The average Bonchev–Trinajstić information content (AvgIpc) is 3.21. The lowest BCUT2D eigenvalue weighted by Crippen LogP contribution is -2.78. The second-order valence-corrected chi connectivity index (χ2v) is 11.2. The SMILES string of the molecule is CC(=O)O[C@@]12CCC(N(C)C(=O)/C=C/c3cccc(C)c3)C3Oc4c(O)ccc5c4[C@@]31CCN(C)[C@@H]2C5. The molecule has 1 amide bonds. The fraction of sp³-hybridized carbons (Fsp3) is 0.467. The van der Waals surface area contributed by atoms with E-state index in [-0.39, 0.29) is 29.7 Å². The maximum Gasteiger partial charge on any atom is 0.303 e. The Morgan fingerprint density at radius 2 is 2.05 bits per heavy atom. The minimum atomic E-state index is -0.777. The van der Waals surface area contributed by atoms with Crippen LogP contribution in [0.1, 0.15) is 48.4 Å². The second kappa shape index (κ2) is 8.35. The number of likely N-dealkylation sites (N-methyl/N-ethyl adjacent to an activating group) is 2. The number of rotatable bonds is 4. The summed E-state index contributed by atoms with van der Waals surface area (Å²) < 4.78 is 13.0. The monoisotopic (exact) mass is 502 g/mol. The molecule has 0 aromatic heterocycles. The summed E-state index contributed by atoms with van der Waals surface area (Å²) in [6, 6.07) is 11.5. The van der Waals surface area contributed by atoms with Crippen LogP contribution in [0.2, 0.25) is 0 Å². The van der Waals surface area contributed by atoms with Crippen LogP contribution in [0.15, 0.2) is 42.5 Å². The third-order valence-electron chi connectivity index (χ3n) is 9.29. The number of esters is 1. The van der Waals surface area contributed by atoms with Crippen molar-refractivity contribution in [3.05, 3.63) is 64.7 Å². The Kier molecular flexibility index (Phi) is 5.42. The molecule has 7 heteroatoms. The smallest absolute Gasteiger partial charge is 0.303 e. The molecule has 1 spiro atoms. The van der Waals surface area contributed by atoms with Gasteiger partial charge in [-0.2, -0.15) is 0 Å². The van der Waals surface area contributed by atoms with Crippen LogP contribution in [0.25, 0.3) is 6.08 Å². The van der Waals surface area contributed by atoms with Crippen LogP contribution in [-0.2, 0) is 26.2 Å². The van der Waals surface area contributed by atoms with Gasteiger partial charge in [0, 0.05) is 25.6 Å². The number of benzene rings is 2. The zero-order valence-corrected chi connectivity index (χ0v) is 21.9. The van der Waals surface area contributed by atoms with Gasteiger partial charge in [0.05, 0.1) is 17.5 Å². The number of carbonyl (C=O) groups is 2. The number of nitrogens with zero attached hydrogens (tertiary/aromatic N) is 2. The van der Waals surface area contributed by atoms with Gasteiger partial charge in [-0.25, -0.2) is 0 Å². The number of aromatic hydroxyl groups is 1. The molecule has 2 bridgehead atoms. The number of amides is 1. The van der Waals surface area contributed by atoms with Gasteiger partial charge in [-0.05, 0) is 69.5 Å². The quantitative estimate of drug-likeness (QED) is 0.509. The first-order valence-electron chi connectivity index (χ1n) is 13.1. The minimum absolute atomic E-state index is 0.00224. The Morgan fingerprint density at radius 3 is 2.81 bits per heavy atom. The third kappa shape index (κ3) is 3.29. The van der Waals surface area contributed by atoms with Gasteiger partial charge in [-0.3, -0.25) is 14.5 Å². The molecule has 2 fully saturated rings. The molecule has 2 heterocycles. The summed E-state index contributed by atoms with van der Waals surface area (Å²) in [7, 11) is 3.92. The Labute approximate surface area is 217 Å². The molecule has 1 saturated heterocycles. The fourth-order valence-corrected chi connectivity index (χ4v) is 7.78. The van der Waals surface area contributed by atoms with E-state index in [1.807, 2.05) is 50.4 Å². The number of phenols is 1. The number of hydrogen-bond acceptors (Lipinski definition) is 6. The van der Waals surface area contributed by atoms with Crippen molar-refractivity contribution in [3.63, 3.8) is 0 Å². The predicted octanol–water partition coefficient (Wildman–Crippen LogP) is 3.60. The van der Waals surface area contributed by atoms with E-state index in [0.717, 1.165) is 41.6 Å². The summed E-state index contributed by atoms with van der Waals surface area (Å²) in [5, 5.41) is 10.9. The van der Waals surface area contributed by atoms with Crippen LogP contribution >= 0.6 is 0 Å². The standard InChI is InChI=1S/C30H34N2O5/c1-18-6-5-7-20(16-18)8-11-25(35)32(4)22-12-13-30(37-19(2)33)24-17-21-9-10-23(34)27-26(21)29(30,28(22)36-27)14-15-31(24)3/h5-11,16,22,24,28,34H,12-15,17H2,1-4H3/b11-8+/t22?,24-,28?,29+,30-/m1/s1. The molecule has 2 aromatic carbocycles. The van der Waals surface area contributed by atoms with Crippen molar-refractivity contribution >= 4 is 18.0 Å². The minimum Gasteiger partial charge on any atom is -0.504 e. The predicted molar refractivity (Wildman–Crippen MR) is 139 cm³/mol. The summed E-state index contributed by atoms with van der Waals surface area (Å²) in [5.74, 6) is 0.181. The molecule has 4 aliphatic rings. The normalized spacial score (nSPS) is 31.5. The number of piperidine rings is 1. The summed E-state index contributed by atoms with van der Waals surface area (Å²) in [4.78, 5) is 30.1. The Bertz CT molecular complexity index is 1320. The number of phenolic OH excluding ortho intramolecular Hbond substituents is 1. The summed E-state index contributed by atoms with van der Waals surface area (Å²) in [6.45, 7) is 4.32. The largest absolute Gasteiger partial charge is 0.504 e. The van der Waals surface area contributed by atoms with Crippen LogP contribution in [0.4, 0.5) is 0 Å². The van der Waals surface area contributed by atoms with Crippen LogP contribution in [0, 0.1) is 6.92 Å². The maximum absolute atomic E-state index is 13.4. The molecule has 0 radical (unpaired) electrons. The van der Waals surface area contributed by atoms with Crippen LogP contribution < -0.4 is 4.74 Å². The van der Waals surface area contributed by atoms with Crippen LogP contribution in [0.5, 0.6) is 11.5 Å². The van der Waals surface area contributed by atoms with Crippen molar-refractivity contribution in [2.45, 2.75) is 68.7 Å². The lowest BCUT2D eigenvalue weighted by molar-refractivity contribution is -0.220. The molecule has 7 nitrogen and oxygen atoms in total. The van der Waals surface area contributed by atoms with E-state index in [1.165, 1.54) is 6.92 Å². The van der Waals surface area contributed by atoms with E-state index in [4.69, 9.17) is 9.47 Å². The Hall–Kier alpha value is -3.32. The van der Waals surface area contributed by atoms with E-state index in [9.17, 15) is 14.7 Å². The Morgan fingerprint density at radius 1 is 1.24 bits per heavy atom. The topological polar surface area (TPSA) is 79.3 Å². The van der Waals surface area contributed by atoms with E-state index < -0.39 is 17.1 Å². The zero-order chi connectivity index (χ0) is 26.1. The summed E-state index contributed by atoms with van der Waals surface area (Å²) >= 11 is 0. The van der Waals surface area contributed by atoms with Crippen LogP contribution in [-0.4, -0.2) is 71.2 Å². The first kappa shape index (κ1) is 24.0. The number of hydrogen-bond donors (Lipinski definition) is 1. The molecule has 2 aliphatic carbocycles. The van der Waals surface area contributed by atoms with Gasteiger partial charge < -0.3 is 19.5 Å². The first-order chi connectivity index (χ1) is 17.7. The van der Waals surface area contributed by atoms with Gasteiger partial charge >= 0.3 is 5.97 Å². The van der Waals surface area contributed by atoms with Crippen LogP contribution in [0.3, 0.4) is 0 Å². The van der Waals surface area contributed by atoms with E-state index in [0.29, 0.717) is 18.6 Å². The van der Waals surface area contributed by atoms with Crippen molar-refractivity contribution in [2.75, 3.05) is 20.6 Å². The number of aryl methyl sites for hydroxylation is 1. The number of carbonyl (C=O) groups excluding carboxylic acids is 2. The first-order valence-corrected chi connectivity index (χ1v) is 13.1. The van der Waals surface area contributed by atoms with E-state index >= 15 is 0 Å². The summed E-state index contributed by atoms with van der Waals surface area (Å²) in [5.41, 5.74) is 2.81. The van der Waals surface area contributed by atoms with Crippen molar-refractivity contribution < 1.29 is 24.2 Å². The summed E-state index contributed by atoms with van der Waals surface area (Å²) in [6.07, 6.45) is 5.73. The molecule has 2 aliphatic heterocycles. The maximum atomic E-state index is 13.4. The van der Waals surface area contributed by atoms with Gasteiger partial charge in [-0.15, -0.1) is 0 Å². The van der Waals surface area contributed by atoms with Crippen molar-refractivity contribution in [3.8, 4) is 11.5 Å². The van der Waals surface area contributed by atoms with E-state index in [2.05, 4.69) is 11.9 Å². The highest BCUT2D eigenvalue weighted by molar-refractivity contribution is 5.92. The van der Waals surface area contributed by atoms with Gasteiger partial charge in [0.1, 0.15) is 11.7 Å². The van der Waals surface area contributed by atoms with Gasteiger partial charge in [0.25, 0.3) is 0 Å². The average molecular weight is 503 g/mol. The molecular weight excluding hydrogens is 468 g/mol. The molecule has 2 unspecified atom stereocenters. The fourth-order valence-electron chi connectivity index (χ4n) is 7.78. The van der Waals surface area contributed by atoms with Crippen molar-refractivity contribution in [1.29, 1.82) is 0 Å². The highest BCUT2D eigenvalue weighted by atomic mass is 16.6. The van der Waals surface area contributed by atoms with E-state index in [1.54, 1.807) is 17.0 Å². The molecule has 1 saturated carbocycles.